The molecule has 1 radical (unpaired) electrons. The summed E-state index contributed by atoms with van der Waals surface area (Å²) in [5, 5.41) is 3.36. The lowest BCUT2D eigenvalue weighted by atomic mass is 10.1. The number of fused-ring (bicyclic) bond motifs is 1. The van der Waals surface area contributed by atoms with Gasteiger partial charge in [0.1, 0.15) is 0 Å². The van der Waals surface area contributed by atoms with Gasteiger partial charge >= 0.3 is 0 Å². The first kappa shape index (κ1) is 10.3. The minimum atomic E-state index is -0.501. The van der Waals surface area contributed by atoms with Crippen molar-refractivity contribution < 1.29 is 9.59 Å². The van der Waals surface area contributed by atoms with E-state index in [1.807, 2.05) is 0 Å². The average molecular weight is 383 g/mol. The van der Waals surface area contributed by atoms with E-state index in [-0.39, 0.29) is 0 Å². The molecule has 0 saturated carbocycles. The van der Waals surface area contributed by atoms with E-state index in [0.717, 1.165) is 0 Å². The number of rotatable bonds is 0. The highest BCUT2D eigenvalue weighted by Gasteiger charge is 2.34. The fourth-order valence-electron chi connectivity index (χ4n) is 1.21. The third-order valence-electron chi connectivity index (χ3n) is 1.80. The van der Waals surface area contributed by atoms with Gasteiger partial charge in [-0.05, 0) is 53.9 Å². The molecule has 0 spiro atoms. The van der Waals surface area contributed by atoms with Crippen LogP contribution in [0.1, 0.15) is 20.7 Å². The van der Waals surface area contributed by atoms with Crippen LogP contribution in [0, 0.1) is 0 Å². The predicted molar refractivity (Wildman–Crippen MR) is 60.3 cm³/mol. The first-order valence-electron chi connectivity index (χ1n) is 3.50. The Balaban J connectivity index is 2.86. The van der Waals surface area contributed by atoms with Crippen LogP contribution in [-0.4, -0.2) is 11.8 Å². The van der Waals surface area contributed by atoms with Crippen molar-refractivity contribution in [1.29, 1.82) is 0 Å². The van der Waals surface area contributed by atoms with Crippen molar-refractivity contribution in [2.45, 2.75) is 0 Å². The van der Waals surface area contributed by atoms with E-state index in [9.17, 15) is 9.59 Å². The summed E-state index contributed by atoms with van der Waals surface area (Å²) in [5.41, 5.74) is 0.640. The minimum absolute atomic E-state index is 0.316. The smallest absolute Gasteiger partial charge is 0.267 e. The molecule has 0 unspecified atom stereocenters. The molecule has 6 heteroatoms. The molecule has 0 aromatic heterocycles. The Labute approximate surface area is 105 Å². The third-order valence-corrected chi connectivity index (χ3v) is 4.41. The van der Waals surface area contributed by atoms with E-state index in [4.69, 9.17) is 0 Å². The second-order valence-corrected chi connectivity index (χ2v) is 5.13. The molecule has 1 aliphatic rings. The van der Waals surface area contributed by atoms with E-state index in [0.29, 0.717) is 24.5 Å². The molecular formula is C8HBr3NO2. The quantitative estimate of drug-likeness (QED) is 0.511. The maximum atomic E-state index is 11.3. The van der Waals surface area contributed by atoms with E-state index in [2.05, 4.69) is 53.1 Å². The lowest BCUT2D eigenvalue weighted by Crippen LogP contribution is -2.11. The van der Waals surface area contributed by atoms with Crippen molar-refractivity contribution in [1.82, 2.24) is 5.32 Å². The highest BCUT2D eigenvalue weighted by molar-refractivity contribution is 9.13. The molecule has 1 heterocycles. The van der Waals surface area contributed by atoms with E-state index >= 15 is 0 Å². The molecular weight excluding hydrogens is 382 g/mol. The summed E-state index contributed by atoms with van der Waals surface area (Å²) >= 11 is 9.71. The summed E-state index contributed by atoms with van der Waals surface area (Å²) in [5.74, 6) is -0.996. The van der Waals surface area contributed by atoms with Gasteiger partial charge in [0.05, 0.1) is 11.1 Å². The fraction of sp³-hybridized carbons (Fsp3) is 0. The highest BCUT2D eigenvalue weighted by atomic mass is 79.9. The zero-order chi connectivity index (χ0) is 10.5. The molecule has 0 fully saturated rings. The summed E-state index contributed by atoms with van der Waals surface area (Å²) in [6.45, 7) is 0. The Bertz CT molecular complexity index is 470. The summed E-state index contributed by atoms with van der Waals surface area (Å²) in [6, 6.07) is 1.70. The van der Waals surface area contributed by atoms with Crippen LogP contribution in [0.25, 0.3) is 0 Å². The molecule has 2 rings (SSSR count). The summed E-state index contributed by atoms with van der Waals surface area (Å²) in [6.07, 6.45) is 0. The van der Waals surface area contributed by atoms with Crippen LogP contribution in [0.2, 0.25) is 0 Å². The largest absolute Gasteiger partial charge is 0.282 e. The molecule has 2 amide bonds. The predicted octanol–water partition coefficient (Wildman–Crippen LogP) is 2.87. The van der Waals surface area contributed by atoms with Gasteiger partial charge in [0.25, 0.3) is 11.8 Å². The van der Waals surface area contributed by atoms with Gasteiger partial charge in [-0.25, -0.2) is 0 Å². The Hall–Kier alpha value is -0.200. The van der Waals surface area contributed by atoms with E-state index < -0.39 is 11.8 Å². The minimum Gasteiger partial charge on any atom is -0.267 e. The molecule has 0 aliphatic carbocycles. The van der Waals surface area contributed by atoms with Crippen molar-refractivity contribution in [2.75, 3.05) is 0 Å². The first-order chi connectivity index (χ1) is 6.52. The van der Waals surface area contributed by atoms with Gasteiger partial charge in [-0.3, -0.25) is 9.59 Å². The fourth-order valence-corrected chi connectivity index (χ4v) is 3.02. The number of hydrogen-bond acceptors (Lipinski definition) is 2. The lowest BCUT2D eigenvalue weighted by Gasteiger charge is -2.03. The number of hydrogen-bond donors (Lipinski definition) is 0. The Morgan fingerprint density at radius 3 is 2.14 bits per heavy atom. The zero-order valence-electron chi connectivity index (χ0n) is 6.47. The van der Waals surface area contributed by atoms with Crippen molar-refractivity contribution >= 4 is 59.6 Å². The highest BCUT2D eigenvalue weighted by Crippen LogP contribution is 2.37. The van der Waals surface area contributed by atoms with Crippen LogP contribution in [0.4, 0.5) is 0 Å². The number of imide groups is 1. The van der Waals surface area contributed by atoms with Gasteiger partial charge in [0.2, 0.25) is 0 Å². The SMILES string of the molecule is O=C1[N]C(=O)c2c(Br)c(Br)cc(Br)c21. The maximum Gasteiger partial charge on any atom is 0.282 e. The Kier molecular flexibility index (Phi) is 2.53. The Morgan fingerprint density at radius 1 is 0.929 bits per heavy atom. The molecule has 71 valence electrons. The van der Waals surface area contributed by atoms with Gasteiger partial charge < -0.3 is 0 Å². The number of amides is 2. The molecule has 0 saturated heterocycles. The third kappa shape index (κ3) is 1.36. The molecule has 3 nitrogen and oxygen atoms in total. The number of halogens is 3. The monoisotopic (exact) mass is 380 g/mol. The summed E-state index contributed by atoms with van der Waals surface area (Å²) in [4.78, 5) is 22.6. The maximum absolute atomic E-state index is 11.3. The van der Waals surface area contributed by atoms with Crippen molar-refractivity contribution in [3.05, 3.63) is 30.6 Å². The van der Waals surface area contributed by atoms with Crippen LogP contribution in [0.3, 0.4) is 0 Å². The van der Waals surface area contributed by atoms with Gasteiger partial charge in [0.15, 0.2) is 0 Å². The summed E-state index contributed by atoms with van der Waals surface area (Å²) < 4.78 is 1.85. The number of benzene rings is 1. The van der Waals surface area contributed by atoms with Crippen LogP contribution < -0.4 is 5.32 Å². The van der Waals surface area contributed by atoms with E-state index in [1.54, 1.807) is 6.07 Å². The van der Waals surface area contributed by atoms with Crippen LogP contribution in [0.5, 0.6) is 0 Å². The van der Waals surface area contributed by atoms with Gasteiger partial charge in [0, 0.05) is 13.4 Å². The lowest BCUT2D eigenvalue weighted by molar-refractivity contribution is 0.0873. The zero-order valence-corrected chi connectivity index (χ0v) is 11.2. The van der Waals surface area contributed by atoms with E-state index in [1.165, 1.54) is 0 Å². The number of carbonyl (C=O) groups is 2. The second-order valence-electron chi connectivity index (χ2n) is 2.63. The van der Waals surface area contributed by atoms with Gasteiger partial charge in [-0.2, -0.15) is 5.32 Å². The molecule has 0 bridgehead atoms. The topological polar surface area (TPSA) is 48.2 Å². The van der Waals surface area contributed by atoms with Gasteiger partial charge in [-0.1, -0.05) is 0 Å². The van der Waals surface area contributed by atoms with Crippen LogP contribution in [-0.2, 0) is 0 Å². The van der Waals surface area contributed by atoms with Gasteiger partial charge in [-0.15, -0.1) is 0 Å². The van der Waals surface area contributed by atoms with Crippen molar-refractivity contribution in [2.24, 2.45) is 0 Å². The average Bonchev–Trinajstić information content (AvgIpc) is 2.38. The first-order valence-corrected chi connectivity index (χ1v) is 5.88. The van der Waals surface area contributed by atoms with Crippen molar-refractivity contribution in [3.8, 4) is 0 Å². The van der Waals surface area contributed by atoms with Crippen LogP contribution in [0.15, 0.2) is 19.5 Å². The molecule has 14 heavy (non-hydrogen) atoms. The molecule has 0 atom stereocenters. The normalized spacial score (nSPS) is 14.2. The summed E-state index contributed by atoms with van der Waals surface area (Å²) in [7, 11) is 0. The number of nitrogens with zero attached hydrogens (tertiary/aromatic N) is 1. The van der Waals surface area contributed by atoms with Crippen molar-refractivity contribution in [3.63, 3.8) is 0 Å². The van der Waals surface area contributed by atoms with Crippen LogP contribution >= 0.6 is 47.8 Å². The number of carbonyl (C=O) groups excluding carboxylic acids is 2. The molecule has 1 aliphatic heterocycles. The second kappa shape index (κ2) is 3.43. The molecule has 1 aromatic carbocycles. The Morgan fingerprint density at radius 2 is 1.50 bits per heavy atom. The molecule has 1 aromatic rings. The standard InChI is InChI=1S/C8HBr3NO2/c9-2-1-3(10)6(11)5-4(2)7(13)12-8(5)14/h1H. The molecule has 0 N–H and O–H groups in total.